The van der Waals surface area contributed by atoms with Crippen molar-refractivity contribution in [3.05, 3.63) is 0 Å². The Morgan fingerprint density at radius 1 is 0.875 bits per heavy atom. The van der Waals surface area contributed by atoms with E-state index < -0.39 is 35.7 Å². The van der Waals surface area contributed by atoms with Crippen molar-refractivity contribution in [3.63, 3.8) is 0 Å². The summed E-state index contributed by atoms with van der Waals surface area (Å²) in [6.07, 6.45) is -5.31. The molecular weight excluding hydrogens is 320 g/mol. The number of alkyl halides is 5. The van der Waals surface area contributed by atoms with Gasteiger partial charge in [0.05, 0.1) is 0 Å². The topological polar surface area (TPSA) is 0 Å². The second kappa shape index (κ2) is 2.08. The van der Waals surface area contributed by atoms with Crippen LogP contribution in [0.3, 0.4) is 0 Å². The Morgan fingerprint density at radius 3 is 1.00 bits per heavy atom. The maximum absolute atomic E-state index is 11.2. The molecule has 0 aliphatic carbocycles. The average molecular weight is 320 g/mol. The summed E-state index contributed by atoms with van der Waals surface area (Å²) < 4.78 is 50.6. The maximum atomic E-state index is 11.2. The van der Waals surface area contributed by atoms with Crippen LogP contribution < -0.4 is 0 Å². The van der Waals surface area contributed by atoms with Crippen LogP contribution in [-0.2, 0) is 26.1 Å². The Kier molecular flexibility index (Phi) is 2.23. The molecule has 0 amide bonds. The van der Waals surface area contributed by atoms with Gasteiger partial charge >= 0.3 is 57.7 Å². The summed E-state index contributed by atoms with van der Waals surface area (Å²) in [5.41, 5.74) is 0. The van der Waals surface area contributed by atoms with Gasteiger partial charge in [-0.3, -0.25) is 0 Å². The molecule has 0 unspecified atom stereocenters. The second-order valence-electron chi connectivity index (χ2n) is 1.20. The minimum absolute atomic E-state index is 1.56. The molecule has 0 atom stereocenters. The zero-order chi connectivity index (χ0) is 7.00. The van der Waals surface area contributed by atoms with Crippen LogP contribution in [0.4, 0.5) is 22.0 Å². The van der Waals surface area contributed by atoms with E-state index in [0.29, 0.717) is 0 Å². The van der Waals surface area contributed by atoms with E-state index in [-0.39, 0.29) is 0 Å². The van der Waals surface area contributed by atoms with Crippen LogP contribution in [0.15, 0.2) is 0 Å². The molecule has 0 saturated carbocycles. The van der Waals surface area contributed by atoms with Crippen molar-refractivity contribution in [2.75, 3.05) is 0 Å². The molecule has 0 bridgehead atoms. The summed E-state index contributed by atoms with van der Waals surface area (Å²) in [6, 6.07) is 0. The number of halogens is 5. The van der Waals surface area contributed by atoms with Gasteiger partial charge in [0.15, 0.2) is 0 Å². The van der Waals surface area contributed by atoms with Gasteiger partial charge in [0, 0.05) is 0 Å². The molecule has 45 valence electrons. The van der Waals surface area contributed by atoms with Crippen molar-refractivity contribution in [2.24, 2.45) is 0 Å². The van der Waals surface area contributed by atoms with Gasteiger partial charge in [0.1, 0.15) is 0 Å². The molecule has 0 rings (SSSR count). The molecule has 0 aromatic heterocycles. The van der Waals surface area contributed by atoms with Crippen molar-refractivity contribution in [2.45, 2.75) is 9.61 Å². The van der Waals surface area contributed by atoms with E-state index >= 15 is 0 Å². The fourth-order valence-electron chi connectivity index (χ4n) is 0. The van der Waals surface area contributed by atoms with Gasteiger partial charge in [-0.15, -0.1) is 0 Å². The third-order valence-corrected chi connectivity index (χ3v) is 1.97. The van der Waals surface area contributed by atoms with Gasteiger partial charge in [0.25, 0.3) is 0 Å². The van der Waals surface area contributed by atoms with E-state index in [0.717, 1.165) is 0 Å². The molecule has 0 aromatic carbocycles. The van der Waals surface area contributed by atoms with E-state index in [9.17, 15) is 22.0 Å². The number of hydrogen-bond acceptors (Lipinski definition) is 0. The second-order valence-corrected chi connectivity index (χ2v) is 4.65. The molecule has 0 radical (unpaired) electrons. The first kappa shape index (κ1) is 8.59. The molecule has 0 spiro atoms. The van der Waals surface area contributed by atoms with Crippen LogP contribution in [0.5, 0.6) is 0 Å². The summed E-state index contributed by atoms with van der Waals surface area (Å²) in [7, 11) is 0. The van der Waals surface area contributed by atoms with Gasteiger partial charge in [-0.05, 0) is 0 Å². The van der Waals surface area contributed by atoms with Crippen LogP contribution in [0.2, 0.25) is 0 Å². The van der Waals surface area contributed by atoms with Gasteiger partial charge in [-0.25, -0.2) is 0 Å². The molecule has 0 aliphatic heterocycles. The summed E-state index contributed by atoms with van der Waals surface area (Å²) in [4.78, 5) is 0. The predicted molar refractivity (Wildman–Crippen MR) is 11.0 cm³/mol. The standard InChI is InChI=1S/C2F5.Hg/c3-1(4)2(5,6)7;. The fraction of sp³-hybridized carbons (Fsp3) is 1.00. The van der Waals surface area contributed by atoms with E-state index in [1.54, 1.807) is 0 Å². The Hall–Kier alpha value is 0.585. The fourth-order valence-corrected chi connectivity index (χ4v) is 0. The van der Waals surface area contributed by atoms with Gasteiger partial charge in [-0.2, -0.15) is 0 Å². The molecule has 0 fully saturated rings. The molecule has 8 heavy (non-hydrogen) atoms. The van der Waals surface area contributed by atoms with Crippen LogP contribution in [0, 0.1) is 0 Å². The Labute approximate surface area is 58.0 Å². The zero-order valence-corrected chi connectivity index (χ0v) is 9.09. The molecule has 0 saturated heterocycles. The van der Waals surface area contributed by atoms with Crippen molar-refractivity contribution >= 4 is 0 Å². The predicted octanol–water partition coefficient (Wildman–Crippen LogP) is 1.69. The number of hydrogen-bond donors (Lipinski definition) is 0. The third-order valence-electron chi connectivity index (χ3n) is 0.415. The van der Waals surface area contributed by atoms with Crippen molar-refractivity contribution < 1.29 is 48.1 Å². The molecule has 0 aliphatic rings. The first-order chi connectivity index (χ1) is 3.25. The normalized spacial score (nSPS) is 14.4. The number of rotatable bonds is 0. The molecule has 0 nitrogen and oxygen atoms in total. The van der Waals surface area contributed by atoms with Crippen LogP contribution in [0.1, 0.15) is 0 Å². The Morgan fingerprint density at radius 2 is 1.00 bits per heavy atom. The van der Waals surface area contributed by atoms with Crippen LogP contribution in [-0.4, -0.2) is 9.61 Å². The summed E-state index contributed by atoms with van der Waals surface area (Å²) in [6.45, 7) is 0. The quantitative estimate of drug-likeness (QED) is 0.471. The summed E-state index contributed by atoms with van der Waals surface area (Å²) in [5.74, 6) is 0. The Balaban J connectivity index is 4.02. The van der Waals surface area contributed by atoms with Crippen molar-refractivity contribution in [1.82, 2.24) is 0 Å². The molecular formula is C2F5Hg. The first-order valence-electron chi connectivity index (χ1n) is 1.55. The molecule has 0 aromatic rings. The van der Waals surface area contributed by atoms with Gasteiger partial charge in [-0.1, -0.05) is 0 Å². The SMILES string of the molecule is FC(F)(F)[C](F)(F)[Hg]. The van der Waals surface area contributed by atoms with Gasteiger partial charge < -0.3 is 0 Å². The van der Waals surface area contributed by atoms with E-state index in [4.69, 9.17) is 0 Å². The molecule has 0 N–H and O–H groups in total. The molecule has 0 heterocycles. The first-order valence-corrected chi connectivity index (χ1v) is 4.30. The van der Waals surface area contributed by atoms with Crippen molar-refractivity contribution in [1.29, 1.82) is 0 Å². The van der Waals surface area contributed by atoms with Crippen LogP contribution >= 0.6 is 0 Å². The average Bonchev–Trinajstić information content (AvgIpc) is 1.25. The monoisotopic (exact) mass is 321 g/mol. The zero-order valence-electron chi connectivity index (χ0n) is 3.60. The van der Waals surface area contributed by atoms with E-state index in [2.05, 4.69) is 0 Å². The van der Waals surface area contributed by atoms with E-state index in [1.807, 2.05) is 0 Å². The summed E-state index contributed by atoms with van der Waals surface area (Å²) >= 11 is -1.56. The van der Waals surface area contributed by atoms with E-state index in [1.165, 1.54) is 0 Å². The third kappa shape index (κ3) is 2.24. The molecule has 6 heteroatoms. The van der Waals surface area contributed by atoms with Crippen LogP contribution in [0.25, 0.3) is 0 Å². The Bertz CT molecular complexity index is 65.4. The summed E-state index contributed by atoms with van der Waals surface area (Å²) in [5, 5.41) is 0. The van der Waals surface area contributed by atoms with Gasteiger partial charge in [0.2, 0.25) is 0 Å². The van der Waals surface area contributed by atoms with Crippen molar-refractivity contribution in [3.8, 4) is 0 Å². The minimum atomic E-state index is -5.31.